The number of amides is 1. The van der Waals surface area contributed by atoms with Gasteiger partial charge >= 0.3 is 0 Å². The van der Waals surface area contributed by atoms with Gasteiger partial charge in [-0.1, -0.05) is 23.7 Å². The maximum absolute atomic E-state index is 12.1. The van der Waals surface area contributed by atoms with Gasteiger partial charge in [-0.15, -0.1) is 24.8 Å². The topological polar surface area (TPSA) is 93.0 Å². The molecular formula is C18H19Cl3N4O2. The third-order valence-corrected chi connectivity index (χ3v) is 3.83. The van der Waals surface area contributed by atoms with E-state index < -0.39 is 6.04 Å². The fraction of sp³-hybridized carbons (Fsp3) is 0.111. The first-order chi connectivity index (χ1) is 12.1. The summed E-state index contributed by atoms with van der Waals surface area (Å²) in [6.07, 6.45) is 3.59. The van der Waals surface area contributed by atoms with Crippen molar-refractivity contribution in [1.82, 2.24) is 9.97 Å². The number of hydrogen-bond acceptors (Lipinski definition) is 4. The number of rotatable bonds is 6. The van der Waals surface area contributed by atoms with Gasteiger partial charge in [0.25, 0.3) is 0 Å². The fourth-order valence-corrected chi connectivity index (χ4v) is 2.40. The summed E-state index contributed by atoms with van der Waals surface area (Å²) < 4.78 is 5.71. The van der Waals surface area contributed by atoms with E-state index in [0.29, 0.717) is 28.6 Å². The molecule has 0 radical (unpaired) electrons. The number of carbonyl (C=O) groups is 1. The van der Waals surface area contributed by atoms with Crippen LogP contribution in [0.25, 0.3) is 0 Å². The molecule has 1 atom stereocenters. The Morgan fingerprint density at radius 1 is 1.19 bits per heavy atom. The Hall–Kier alpha value is -2.25. The van der Waals surface area contributed by atoms with Crippen molar-refractivity contribution in [2.24, 2.45) is 5.73 Å². The Labute approximate surface area is 174 Å². The highest BCUT2D eigenvalue weighted by atomic mass is 35.5. The molecule has 9 heteroatoms. The van der Waals surface area contributed by atoms with Crippen LogP contribution in [0.1, 0.15) is 5.69 Å². The summed E-state index contributed by atoms with van der Waals surface area (Å²) in [6, 6.07) is 13.5. The maximum Gasteiger partial charge on any atom is 0.241 e. The lowest BCUT2D eigenvalue weighted by atomic mass is 10.1. The van der Waals surface area contributed by atoms with Crippen molar-refractivity contribution in [3.05, 3.63) is 71.8 Å². The SMILES string of the molecule is Cl.Cl.N[C@@H](Cc1cnc[nH]1)C(=O)Nc1ccc(Oc2ccccc2Cl)cc1. The number of anilines is 1. The van der Waals surface area contributed by atoms with E-state index >= 15 is 0 Å². The second-order valence-corrected chi connectivity index (χ2v) is 5.84. The average Bonchev–Trinajstić information content (AvgIpc) is 3.11. The van der Waals surface area contributed by atoms with Gasteiger partial charge in [-0.3, -0.25) is 4.79 Å². The van der Waals surface area contributed by atoms with Crippen LogP contribution in [0.2, 0.25) is 5.02 Å². The van der Waals surface area contributed by atoms with E-state index in [1.807, 2.05) is 12.1 Å². The van der Waals surface area contributed by atoms with Crippen LogP contribution < -0.4 is 15.8 Å². The molecule has 0 aliphatic carbocycles. The van der Waals surface area contributed by atoms with Gasteiger partial charge in [-0.2, -0.15) is 0 Å². The molecule has 27 heavy (non-hydrogen) atoms. The van der Waals surface area contributed by atoms with Gasteiger partial charge in [0.2, 0.25) is 5.91 Å². The van der Waals surface area contributed by atoms with E-state index in [-0.39, 0.29) is 30.7 Å². The molecular weight excluding hydrogens is 411 g/mol. The van der Waals surface area contributed by atoms with E-state index in [1.54, 1.807) is 48.9 Å². The van der Waals surface area contributed by atoms with E-state index in [2.05, 4.69) is 15.3 Å². The normalized spacial score (nSPS) is 10.9. The number of carbonyl (C=O) groups excluding carboxylic acids is 1. The predicted octanol–water partition coefficient (Wildman–Crippen LogP) is 4.21. The zero-order chi connectivity index (χ0) is 17.6. The fourth-order valence-electron chi connectivity index (χ4n) is 2.22. The molecule has 2 aromatic carbocycles. The molecule has 144 valence electrons. The van der Waals surface area contributed by atoms with E-state index in [9.17, 15) is 4.79 Å². The molecule has 0 bridgehead atoms. The number of para-hydroxylation sites is 1. The number of imidazole rings is 1. The standard InChI is InChI=1S/C18H17ClN4O2.2ClH/c19-15-3-1-2-4-17(15)25-14-7-5-12(6-8-14)23-18(24)16(20)9-13-10-21-11-22-13;;/h1-8,10-11,16H,9,20H2,(H,21,22)(H,23,24);2*1H/t16-;;/m0../s1. The lowest BCUT2D eigenvalue weighted by Crippen LogP contribution is -2.37. The van der Waals surface area contributed by atoms with Crippen LogP contribution in [0.3, 0.4) is 0 Å². The highest BCUT2D eigenvalue weighted by Crippen LogP contribution is 2.29. The first kappa shape index (κ1) is 22.8. The number of nitrogens with two attached hydrogens (primary N) is 1. The highest BCUT2D eigenvalue weighted by Gasteiger charge is 2.15. The van der Waals surface area contributed by atoms with Gasteiger partial charge in [0.05, 0.1) is 17.4 Å². The largest absolute Gasteiger partial charge is 0.456 e. The summed E-state index contributed by atoms with van der Waals surface area (Å²) in [7, 11) is 0. The molecule has 6 nitrogen and oxygen atoms in total. The third-order valence-electron chi connectivity index (χ3n) is 3.52. The van der Waals surface area contributed by atoms with Crippen molar-refractivity contribution in [3.63, 3.8) is 0 Å². The zero-order valence-electron chi connectivity index (χ0n) is 14.1. The second kappa shape index (κ2) is 10.8. The summed E-state index contributed by atoms with van der Waals surface area (Å²) in [5, 5.41) is 3.31. The van der Waals surface area contributed by atoms with Crippen molar-refractivity contribution in [3.8, 4) is 11.5 Å². The molecule has 0 spiro atoms. The number of halogens is 3. The van der Waals surface area contributed by atoms with Crippen LogP contribution in [0.5, 0.6) is 11.5 Å². The van der Waals surface area contributed by atoms with Crippen LogP contribution >= 0.6 is 36.4 Å². The van der Waals surface area contributed by atoms with Gasteiger partial charge in [-0.05, 0) is 36.4 Å². The Balaban J connectivity index is 0.00000182. The lowest BCUT2D eigenvalue weighted by Gasteiger charge is -2.12. The molecule has 3 rings (SSSR count). The summed E-state index contributed by atoms with van der Waals surface area (Å²) >= 11 is 6.06. The van der Waals surface area contributed by atoms with Crippen molar-refractivity contribution in [2.75, 3.05) is 5.32 Å². The van der Waals surface area contributed by atoms with Gasteiger partial charge in [-0.25, -0.2) is 4.98 Å². The molecule has 1 aromatic heterocycles. The van der Waals surface area contributed by atoms with Crippen molar-refractivity contribution in [1.29, 1.82) is 0 Å². The molecule has 3 aromatic rings. The van der Waals surface area contributed by atoms with Gasteiger partial charge in [0.15, 0.2) is 0 Å². The molecule has 0 fully saturated rings. The van der Waals surface area contributed by atoms with Crippen LogP contribution in [-0.2, 0) is 11.2 Å². The van der Waals surface area contributed by atoms with Gasteiger partial charge in [0, 0.05) is 24.0 Å². The Morgan fingerprint density at radius 2 is 1.89 bits per heavy atom. The Morgan fingerprint density at radius 3 is 2.52 bits per heavy atom. The summed E-state index contributed by atoms with van der Waals surface area (Å²) in [5.74, 6) is 0.921. The van der Waals surface area contributed by atoms with Crippen molar-refractivity contribution < 1.29 is 9.53 Å². The molecule has 4 N–H and O–H groups in total. The van der Waals surface area contributed by atoms with E-state index in [0.717, 1.165) is 5.69 Å². The minimum Gasteiger partial charge on any atom is -0.456 e. The van der Waals surface area contributed by atoms with Gasteiger partial charge < -0.3 is 20.8 Å². The van der Waals surface area contributed by atoms with E-state index in [1.165, 1.54) is 0 Å². The smallest absolute Gasteiger partial charge is 0.241 e. The van der Waals surface area contributed by atoms with Crippen LogP contribution in [0, 0.1) is 0 Å². The molecule has 0 unspecified atom stereocenters. The summed E-state index contributed by atoms with van der Waals surface area (Å²) in [6.45, 7) is 0. The third kappa shape index (κ3) is 6.45. The summed E-state index contributed by atoms with van der Waals surface area (Å²) in [5.41, 5.74) is 7.35. The number of aromatic nitrogens is 2. The molecule has 0 aliphatic rings. The molecule has 1 heterocycles. The van der Waals surface area contributed by atoms with Crippen molar-refractivity contribution >= 4 is 48.0 Å². The maximum atomic E-state index is 12.1. The van der Waals surface area contributed by atoms with E-state index in [4.69, 9.17) is 22.1 Å². The molecule has 0 saturated heterocycles. The number of nitrogens with zero attached hydrogens (tertiary/aromatic N) is 1. The number of ether oxygens (including phenoxy) is 1. The second-order valence-electron chi connectivity index (χ2n) is 5.43. The van der Waals surface area contributed by atoms with Crippen LogP contribution in [0.15, 0.2) is 61.1 Å². The Bertz CT molecular complexity index is 842. The quantitative estimate of drug-likeness (QED) is 0.547. The number of benzene rings is 2. The first-order valence-electron chi connectivity index (χ1n) is 7.68. The highest BCUT2D eigenvalue weighted by molar-refractivity contribution is 6.32. The number of aromatic amines is 1. The predicted molar refractivity (Wildman–Crippen MR) is 111 cm³/mol. The molecule has 0 saturated carbocycles. The molecule has 0 aliphatic heterocycles. The average molecular weight is 430 g/mol. The van der Waals surface area contributed by atoms with Crippen LogP contribution in [-0.4, -0.2) is 21.9 Å². The molecule has 1 amide bonds. The number of H-pyrrole nitrogens is 1. The van der Waals surface area contributed by atoms with Crippen molar-refractivity contribution in [2.45, 2.75) is 12.5 Å². The number of nitrogens with one attached hydrogen (secondary N) is 2. The minimum atomic E-state index is -0.667. The minimum absolute atomic E-state index is 0. The van der Waals surface area contributed by atoms with Gasteiger partial charge in [0.1, 0.15) is 11.5 Å². The first-order valence-corrected chi connectivity index (χ1v) is 8.06. The van der Waals surface area contributed by atoms with Crippen LogP contribution in [0.4, 0.5) is 5.69 Å². The Kier molecular flexibility index (Phi) is 9.11. The summed E-state index contributed by atoms with van der Waals surface area (Å²) in [4.78, 5) is 19.0. The lowest BCUT2D eigenvalue weighted by molar-refractivity contribution is -0.117. The monoisotopic (exact) mass is 428 g/mol. The number of hydrogen-bond donors (Lipinski definition) is 3. The zero-order valence-corrected chi connectivity index (χ0v) is 16.5.